The highest BCUT2D eigenvalue weighted by Crippen LogP contribution is 2.47. The van der Waals surface area contributed by atoms with E-state index in [0.29, 0.717) is 37.8 Å². The van der Waals surface area contributed by atoms with Crippen LogP contribution in [0.25, 0.3) is 0 Å². The number of esters is 1. The lowest BCUT2D eigenvalue weighted by molar-refractivity contribution is -0.146. The van der Waals surface area contributed by atoms with Gasteiger partial charge >= 0.3 is 18.3 Å². The number of nitrogens with zero attached hydrogens (tertiary/aromatic N) is 1. The Morgan fingerprint density at radius 2 is 1.63 bits per heavy atom. The minimum atomic E-state index is -4.48. The molecule has 0 aliphatic carbocycles. The van der Waals surface area contributed by atoms with Gasteiger partial charge in [0, 0.05) is 18.5 Å². The molecule has 1 heterocycles. The van der Waals surface area contributed by atoms with Crippen LogP contribution in [0.1, 0.15) is 89.8 Å². The van der Waals surface area contributed by atoms with E-state index in [4.69, 9.17) is 4.74 Å². The number of likely N-dealkylation sites (tertiary alicyclic amines) is 1. The molecule has 0 amide bonds. The number of halogens is 6. The summed E-state index contributed by atoms with van der Waals surface area (Å²) in [4.78, 5) is 14.1. The average molecular weight is 510 g/mol. The van der Waals surface area contributed by atoms with E-state index in [1.807, 2.05) is 32.6 Å². The number of carbonyl (C=O) groups excluding carboxylic acids is 1. The first-order valence-electron chi connectivity index (χ1n) is 12.0. The number of rotatable bonds is 8. The van der Waals surface area contributed by atoms with Gasteiger partial charge in [-0.2, -0.15) is 26.3 Å². The molecule has 1 aromatic rings. The van der Waals surface area contributed by atoms with Crippen molar-refractivity contribution >= 4 is 5.97 Å². The van der Waals surface area contributed by atoms with Crippen LogP contribution in [-0.4, -0.2) is 36.7 Å². The molecule has 2 rings (SSSR count). The Labute approximate surface area is 204 Å². The Morgan fingerprint density at radius 1 is 1.06 bits per heavy atom. The lowest BCUT2D eigenvalue weighted by Crippen LogP contribution is -2.47. The quantitative estimate of drug-likeness (QED) is 0.263. The minimum Gasteiger partial charge on any atom is -0.469 e. The van der Waals surface area contributed by atoms with Crippen molar-refractivity contribution in [3.05, 3.63) is 35.4 Å². The molecule has 1 fully saturated rings. The van der Waals surface area contributed by atoms with Crippen molar-refractivity contribution in [3.8, 4) is 0 Å². The normalized spacial score (nSPS) is 23.2. The second-order valence-corrected chi connectivity index (χ2v) is 11.3. The van der Waals surface area contributed by atoms with Crippen molar-refractivity contribution < 1.29 is 35.9 Å². The highest BCUT2D eigenvalue weighted by molar-refractivity contribution is 5.70. The largest absolute Gasteiger partial charge is 0.469 e. The molecule has 9 heteroatoms. The Morgan fingerprint density at radius 3 is 2.11 bits per heavy atom. The van der Waals surface area contributed by atoms with E-state index in [1.165, 1.54) is 19.2 Å². The Hall–Kier alpha value is -1.77. The molecule has 1 aliphatic heterocycles. The van der Waals surface area contributed by atoms with Crippen molar-refractivity contribution in [2.75, 3.05) is 13.7 Å². The van der Waals surface area contributed by atoms with Gasteiger partial charge in [-0.3, -0.25) is 9.69 Å². The number of methoxy groups -OCH3 is 1. The molecular weight excluding hydrogens is 472 g/mol. The van der Waals surface area contributed by atoms with Gasteiger partial charge in [0.25, 0.3) is 0 Å². The second kappa shape index (κ2) is 11.1. The predicted octanol–water partition coefficient (Wildman–Crippen LogP) is 7.95. The molecule has 0 bridgehead atoms. The van der Waals surface area contributed by atoms with E-state index in [0.717, 1.165) is 12.1 Å². The molecule has 0 spiro atoms. The zero-order valence-corrected chi connectivity index (χ0v) is 21.2. The van der Waals surface area contributed by atoms with E-state index in [-0.39, 0.29) is 30.3 Å². The number of hydrogen-bond acceptors (Lipinski definition) is 3. The Kier molecular flexibility index (Phi) is 9.34. The first-order chi connectivity index (χ1) is 15.9. The topological polar surface area (TPSA) is 29.5 Å². The van der Waals surface area contributed by atoms with Crippen LogP contribution in [-0.2, 0) is 15.7 Å². The van der Waals surface area contributed by atoms with Gasteiger partial charge in [-0.25, -0.2) is 0 Å². The van der Waals surface area contributed by atoms with Gasteiger partial charge in [0.05, 0.1) is 19.1 Å². The summed E-state index contributed by atoms with van der Waals surface area (Å²) in [5, 5.41) is 0. The van der Waals surface area contributed by atoms with E-state index in [2.05, 4.69) is 0 Å². The fourth-order valence-electron chi connectivity index (χ4n) is 4.87. The molecule has 0 saturated carbocycles. The minimum absolute atomic E-state index is 0.0739. The summed E-state index contributed by atoms with van der Waals surface area (Å²) in [6, 6.07) is 4.06. The molecule has 2 unspecified atom stereocenters. The molecule has 200 valence electrons. The van der Waals surface area contributed by atoms with Gasteiger partial charge in [0.1, 0.15) is 0 Å². The van der Waals surface area contributed by atoms with Crippen LogP contribution in [0.2, 0.25) is 0 Å². The highest BCUT2D eigenvalue weighted by Gasteiger charge is 2.42. The van der Waals surface area contributed by atoms with Crippen LogP contribution in [0.4, 0.5) is 26.3 Å². The fraction of sp³-hybridized carbons (Fsp3) is 0.731. The number of hydrogen-bond donors (Lipinski definition) is 0. The van der Waals surface area contributed by atoms with E-state index >= 15 is 0 Å². The van der Waals surface area contributed by atoms with Gasteiger partial charge in [-0.05, 0) is 67.2 Å². The lowest BCUT2D eigenvalue weighted by Gasteiger charge is -2.48. The van der Waals surface area contributed by atoms with Crippen molar-refractivity contribution in [2.24, 2.45) is 10.8 Å². The third-order valence-corrected chi connectivity index (χ3v) is 6.94. The standard InChI is InChI=1S/C26H37F6NO2/c1-23(2,3)12-10-20(11-13-25(27,28)29)33-15-14-24(4,17-22(34)35-5)16-21(33)18-6-8-19(9-7-18)26(30,31)32/h6-9,20-21H,10-17H2,1-5H3/t20?,21-,24?/m0/s1. The molecule has 3 nitrogen and oxygen atoms in total. The monoisotopic (exact) mass is 509 g/mol. The Balaban J connectivity index is 2.42. The SMILES string of the molecule is COC(=O)CC1(C)CCN(C(CCC(C)(C)C)CCC(F)(F)F)[C@H](c2ccc(C(F)(F)F)cc2)C1. The van der Waals surface area contributed by atoms with Crippen LogP contribution in [0.5, 0.6) is 0 Å². The lowest BCUT2D eigenvalue weighted by atomic mass is 9.72. The number of piperidine rings is 1. The number of ether oxygens (including phenoxy) is 1. The molecule has 35 heavy (non-hydrogen) atoms. The third-order valence-electron chi connectivity index (χ3n) is 6.94. The van der Waals surface area contributed by atoms with E-state index in [1.54, 1.807) is 0 Å². The van der Waals surface area contributed by atoms with Crippen molar-refractivity contribution in [3.63, 3.8) is 0 Å². The maximum absolute atomic E-state index is 13.2. The van der Waals surface area contributed by atoms with Gasteiger partial charge < -0.3 is 4.74 Å². The smallest absolute Gasteiger partial charge is 0.416 e. The number of alkyl halides is 6. The molecule has 1 aromatic carbocycles. The number of benzene rings is 1. The van der Waals surface area contributed by atoms with Crippen LogP contribution in [0.3, 0.4) is 0 Å². The maximum Gasteiger partial charge on any atom is 0.416 e. The third kappa shape index (κ3) is 9.32. The zero-order chi connectivity index (χ0) is 26.7. The summed E-state index contributed by atoms with van der Waals surface area (Å²) in [7, 11) is 1.30. The van der Waals surface area contributed by atoms with E-state index in [9.17, 15) is 31.1 Å². The molecule has 0 aromatic heterocycles. The van der Waals surface area contributed by atoms with Gasteiger partial charge in [-0.15, -0.1) is 0 Å². The van der Waals surface area contributed by atoms with Crippen LogP contribution in [0.15, 0.2) is 24.3 Å². The first-order valence-corrected chi connectivity index (χ1v) is 12.0. The summed E-state index contributed by atoms with van der Waals surface area (Å²) in [5.74, 6) is -0.381. The second-order valence-electron chi connectivity index (χ2n) is 11.3. The average Bonchev–Trinajstić information content (AvgIpc) is 2.72. The van der Waals surface area contributed by atoms with Crippen molar-refractivity contribution in [1.82, 2.24) is 4.90 Å². The van der Waals surface area contributed by atoms with Crippen LogP contribution < -0.4 is 0 Å². The summed E-state index contributed by atoms with van der Waals surface area (Å²) >= 11 is 0. The van der Waals surface area contributed by atoms with Crippen LogP contribution >= 0.6 is 0 Å². The molecule has 1 saturated heterocycles. The zero-order valence-electron chi connectivity index (χ0n) is 21.2. The molecular formula is C26H37F6NO2. The van der Waals surface area contributed by atoms with E-state index < -0.39 is 35.8 Å². The molecule has 0 radical (unpaired) electrons. The van der Waals surface area contributed by atoms with Crippen molar-refractivity contribution in [1.29, 1.82) is 0 Å². The summed E-state index contributed by atoms with van der Waals surface area (Å²) < 4.78 is 83.7. The number of carbonyl (C=O) groups is 1. The summed E-state index contributed by atoms with van der Waals surface area (Å²) in [6.45, 7) is 8.48. The fourth-order valence-corrected chi connectivity index (χ4v) is 4.87. The first kappa shape index (κ1) is 29.5. The maximum atomic E-state index is 13.2. The van der Waals surface area contributed by atoms with Gasteiger partial charge in [0.15, 0.2) is 0 Å². The molecule has 1 aliphatic rings. The predicted molar refractivity (Wildman–Crippen MR) is 123 cm³/mol. The summed E-state index contributed by atoms with van der Waals surface area (Å²) in [6.07, 6.45) is -7.35. The van der Waals surface area contributed by atoms with Gasteiger partial charge in [0.2, 0.25) is 0 Å². The Bertz CT molecular complexity index is 810. The molecule has 0 N–H and O–H groups in total. The highest BCUT2D eigenvalue weighted by atomic mass is 19.4. The van der Waals surface area contributed by atoms with Crippen LogP contribution in [0, 0.1) is 10.8 Å². The summed E-state index contributed by atoms with van der Waals surface area (Å²) in [5.41, 5.74) is -0.714. The van der Waals surface area contributed by atoms with Crippen molar-refractivity contribution in [2.45, 2.75) is 97.1 Å². The molecule has 3 atom stereocenters. The van der Waals surface area contributed by atoms with Gasteiger partial charge in [-0.1, -0.05) is 39.8 Å².